The first-order valence-electron chi connectivity index (χ1n) is 23.2. The van der Waals surface area contributed by atoms with Crippen LogP contribution in [0.2, 0.25) is 0 Å². The molecule has 334 valence electrons. The van der Waals surface area contributed by atoms with E-state index in [1.807, 2.05) is 0 Å². The number of rotatable bonds is 41. The lowest BCUT2D eigenvalue weighted by molar-refractivity contribution is -0.122. The summed E-state index contributed by atoms with van der Waals surface area (Å²) < 4.78 is 55.3. The fraction of sp³-hybridized carbons (Fsp3) is 0.750. The van der Waals surface area contributed by atoms with Crippen molar-refractivity contribution in [3.63, 3.8) is 0 Å². The summed E-state index contributed by atoms with van der Waals surface area (Å²) in [5.41, 5.74) is 0. The molecular weight excluding hydrogens is 751 g/mol. The predicted octanol–water partition coefficient (Wildman–Crippen LogP) is 13.8. The van der Waals surface area contributed by atoms with Gasteiger partial charge in [0.1, 0.15) is 11.4 Å². The second kappa shape index (κ2) is 34.1. The van der Waals surface area contributed by atoms with Gasteiger partial charge in [0, 0.05) is 6.07 Å². The Hall–Kier alpha value is -2.61. The average Bonchev–Trinajstić information content (AvgIpc) is 3.23. The summed E-state index contributed by atoms with van der Waals surface area (Å²) in [6.07, 6.45) is 21.7. The largest absolute Gasteiger partial charge is 0.490 e. The highest BCUT2D eigenvalue weighted by Gasteiger charge is 2.41. The van der Waals surface area contributed by atoms with Gasteiger partial charge in [0.25, 0.3) is 0 Å². The van der Waals surface area contributed by atoms with E-state index < -0.39 is 19.8 Å². The van der Waals surface area contributed by atoms with Crippen molar-refractivity contribution in [2.75, 3.05) is 26.4 Å². The smallest absolute Gasteiger partial charge is 0.366 e. The molecule has 0 amide bonds. The lowest BCUT2D eigenvalue weighted by atomic mass is 10.1. The number of unbranched alkanes of at least 4 members (excludes halogenated alkanes) is 16. The Kier molecular flexibility index (Phi) is 31.4. The Morgan fingerprint density at radius 3 is 1.43 bits per heavy atom. The van der Waals surface area contributed by atoms with Crippen LogP contribution >= 0.6 is 7.60 Å². The molecule has 0 spiro atoms. The minimum Gasteiger partial charge on any atom is -0.490 e. The van der Waals surface area contributed by atoms with Gasteiger partial charge in [-0.1, -0.05) is 164 Å². The zero-order valence-corrected chi connectivity index (χ0v) is 38.6. The summed E-state index contributed by atoms with van der Waals surface area (Å²) in [5, 5.41) is 0.103. The van der Waals surface area contributed by atoms with E-state index in [-0.39, 0.29) is 41.6 Å². The summed E-state index contributed by atoms with van der Waals surface area (Å²) in [7, 11) is -4.37. The van der Waals surface area contributed by atoms with E-state index in [1.54, 1.807) is 6.07 Å². The summed E-state index contributed by atoms with van der Waals surface area (Å²) >= 11 is 0. The van der Waals surface area contributed by atoms with E-state index in [1.165, 1.54) is 12.2 Å². The third-order valence-electron chi connectivity index (χ3n) is 10.1. The van der Waals surface area contributed by atoms with Crippen LogP contribution in [0.25, 0.3) is 0 Å². The first-order valence-corrected chi connectivity index (χ1v) is 24.8. The third kappa shape index (κ3) is 21.1. The van der Waals surface area contributed by atoms with Crippen LogP contribution in [0.1, 0.15) is 196 Å². The van der Waals surface area contributed by atoms with Crippen LogP contribution in [-0.4, -0.2) is 50.2 Å². The van der Waals surface area contributed by atoms with E-state index in [2.05, 4.69) is 54.7 Å². The fourth-order valence-corrected chi connectivity index (χ4v) is 8.42. The number of carbonyl (C=O) groups is 2. The number of ketones is 2. The monoisotopic (exact) mass is 835 g/mol. The number of benzene rings is 1. The van der Waals surface area contributed by atoms with Gasteiger partial charge < -0.3 is 23.5 Å². The fourth-order valence-electron chi connectivity index (χ4n) is 6.51. The minimum atomic E-state index is -4.37. The van der Waals surface area contributed by atoms with Crippen molar-refractivity contribution in [2.24, 2.45) is 0 Å². The molecule has 0 saturated heterocycles. The first-order chi connectivity index (χ1) is 28.2. The topological polar surface area (TPSA) is 107 Å². The van der Waals surface area contributed by atoms with E-state index in [4.69, 9.17) is 28.0 Å². The van der Waals surface area contributed by atoms with Crippen molar-refractivity contribution >= 4 is 24.5 Å². The van der Waals surface area contributed by atoms with Gasteiger partial charge in [-0.2, -0.15) is 0 Å². The van der Waals surface area contributed by atoms with Crippen molar-refractivity contribution in [2.45, 2.75) is 208 Å². The maximum Gasteiger partial charge on any atom is 0.366 e. The maximum absolute atomic E-state index is 15.8. The van der Waals surface area contributed by atoms with Gasteiger partial charge in [-0.15, -0.1) is 0 Å². The number of hydrogen-bond acceptors (Lipinski definition) is 9. The molecule has 0 fully saturated rings. The molecule has 3 atom stereocenters. The zero-order valence-electron chi connectivity index (χ0n) is 37.7. The Balaban J connectivity index is 4.29. The average molecular weight is 835 g/mol. The van der Waals surface area contributed by atoms with E-state index in [0.29, 0.717) is 50.4 Å². The van der Waals surface area contributed by atoms with Gasteiger partial charge in [0.15, 0.2) is 29.2 Å². The Labute approximate surface area is 354 Å². The van der Waals surface area contributed by atoms with Gasteiger partial charge in [0.2, 0.25) is 11.5 Å². The normalized spacial score (nSPS) is 13.3. The van der Waals surface area contributed by atoms with Crippen molar-refractivity contribution in [3.05, 3.63) is 31.4 Å². The SMILES string of the molecule is C=CC(=O)C(CCCCC)Oc1c(OCCCCCC)c(OCCCCCC)cc(P(=O)(OCCCCCC)OC(CCCCC)C(=O)C=C)c1OCCCCCC. The van der Waals surface area contributed by atoms with Gasteiger partial charge in [-0.3, -0.25) is 18.7 Å². The number of ether oxygens (including phenoxy) is 4. The first kappa shape index (κ1) is 53.4. The van der Waals surface area contributed by atoms with E-state index in [0.717, 1.165) is 128 Å². The second-order valence-corrected chi connectivity index (χ2v) is 17.4. The molecule has 58 heavy (non-hydrogen) atoms. The lowest BCUT2D eigenvalue weighted by Gasteiger charge is -2.29. The Bertz CT molecular complexity index is 1310. The van der Waals surface area contributed by atoms with Crippen LogP contribution in [0.4, 0.5) is 0 Å². The van der Waals surface area contributed by atoms with Crippen molar-refractivity contribution in [1.82, 2.24) is 0 Å². The number of hydrogen-bond donors (Lipinski definition) is 0. The number of carbonyl (C=O) groups excluding carboxylic acids is 2. The Morgan fingerprint density at radius 1 is 0.534 bits per heavy atom. The molecule has 10 heteroatoms. The van der Waals surface area contributed by atoms with Crippen molar-refractivity contribution in [1.29, 1.82) is 0 Å². The zero-order chi connectivity index (χ0) is 42.9. The third-order valence-corrected chi connectivity index (χ3v) is 12.1. The lowest BCUT2D eigenvalue weighted by Crippen LogP contribution is -2.29. The predicted molar refractivity (Wildman–Crippen MR) is 241 cm³/mol. The van der Waals surface area contributed by atoms with Gasteiger partial charge in [-0.05, 0) is 57.1 Å². The van der Waals surface area contributed by atoms with Gasteiger partial charge in [-0.25, -0.2) is 0 Å². The molecule has 0 aromatic heterocycles. The maximum atomic E-state index is 15.8. The molecule has 1 rings (SSSR count). The van der Waals surface area contributed by atoms with Crippen LogP contribution in [-0.2, 0) is 23.2 Å². The van der Waals surface area contributed by atoms with Crippen molar-refractivity contribution in [3.8, 4) is 23.0 Å². The molecule has 0 radical (unpaired) electrons. The van der Waals surface area contributed by atoms with Crippen molar-refractivity contribution < 1.29 is 42.1 Å². The molecule has 1 aromatic rings. The van der Waals surface area contributed by atoms with Crippen LogP contribution in [0.15, 0.2) is 31.4 Å². The van der Waals surface area contributed by atoms with Crippen LogP contribution < -0.4 is 24.3 Å². The highest BCUT2D eigenvalue weighted by atomic mass is 31.2. The molecule has 3 unspecified atom stereocenters. The molecule has 0 bridgehead atoms. The van der Waals surface area contributed by atoms with E-state index in [9.17, 15) is 9.59 Å². The molecule has 0 aliphatic rings. The molecule has 0 saturated carbocycles. The summed E-state index contributed by atoms with van der Waals surface area (Å²) in [6.45, 7) is 21.5. The highest BCUT2D eigenvalue weighted by Crippen LogP contribution is 2.57. The molecule has 0 heterocycles. The summed E-state index contributed by atoms with van der Waals surface area (Å²) in [5.74, 6) is 0.241. The highest BCUT2D eigenvalue weighted by molar-refractivity contribution is 7.62. The standard InChI is InChI=1S/C48H83O9P/c1-9-17-23-29-35-52-44-39-45(58(51,55-38-32-26-20-12-4)57-43(41(50)16-8)34-28-22-14-6)47(54-37-31-25-19-11-3)48(46(44)53-36-30-24-18-10-2)56-42(40(49)15-7)33-27-21-13-5/h15-16,39,42-43H,7-14,17-38H2,1-6H3. The molecule has 9 nitrogen and oxygen atoms in total. The minimum absolute atomic E-state index is 0.103. The van der Waals surface area contributed by atoms with E-state index >= 15 is 4.57 Å². The van der Waals surface area contributed by atoms with Crippen LogP contribution in [0.5, 0.6) is 23.0 Å². The van der Waals surface area contributed by atoms with Gasteiger partial charge >= 0.3 is 7.60 Å². The summed E-state index contributed by atoms with van der Waals surface area (Å²) in [6, 6.07) is 1.66. The van der Waals surface area contributed by atoms with Crippen LogP contribution in [0.3, 0.4) is 0 Å². The van der Waals surface area contributed by atoms with Crippen LogP contribution in [0, 0.1) is 0 Å². The molecule has 0 aliphatic heterocycles. The molecule has 1 aromatic carbocycles. The van der Waals surface area contributed by atoms with Gasteiger partial charge in [0.05, 0.1) is 26.4 Å². The molecular formula is C48H83O9P. The molecule has 0 N–H and O–H groups in total. The second-order valence-electron chi connectivity index (χ2n) is 15.4. The Morgan fingerprint density at radius 2 is 0.948 bits per heavy atom. The summed E-state index contributed by atoms with van der Waals surface area (Å²) in [4.78, 5) is 26.9. The molecule has 0 aliphatic carbocycles. The quantitative estimate of drug-likeness (QED) is 0.0362.